The molecule has 0 aliphatic heterocycles. The fourth-order valence-corrected chi connectivity index (χ4v) is 4.46. The van der Waals surface area contributed by atoms with Gasteiger partial charge >= 0.3 is 13.7 Å². The van der Waals surface area contributed by atoms with Crippen molar-refractivity contribution in [3.63, 3.8) is 0 Å². The summed E-state index contributed by atoms with van der Waals surface area (Å²) in [4.78, 5) is 12.5. The normalized spacial score (nSPS) is 14.4. The maximum Gasteiger partial charge on any atom is 0.513 e. The van der Waals surface area contributed by atoms with Crippen molar-refractivity contribution < 1.29 is 23.1 Å². The minimum absolute atomic E-state index is 0.184. The summed E-state index contributed by atoms with van der Waals surface area (Å²) in [6.45, 7) is 9.66. The molecule has 6 nitrogen and oxygen atoms in total. The second-order valence-electron chi connectivity index (χ2n) is 8.99. The van der Waals surface area contributed by atoms with Gasteiger partial charge in [0.25, 0.3) is 0 Å². The van der Waals surface area contributed by atoms with Crippen molar-refractivity contribution in [2.45, 2.75) is 40.7 Å². The van der Waals surface area contributed by atoms with E-state index in [9.17, 15) is 9.36 Å². The number of carbonyl (C=O) groups excluding carboxylic acids is 1. The molecule has 0 aliphatic rings. The minimum atomic E-state index is -4.01. The lowest BCUT2D eigenvalue weighted by Crippen LogP contribution is -2.37. The van der Waals surface area contributed by atoms with Crippen LogP contribution in [0.5, 0.6) is 11.5 Å². The summed E-state index contributed by atoms with van der Waals surface area (Å²) in [5.74, 6) is 0.220. The van der Waals surface area contributed by atoms with E-state index in [1.807, 2.05) is 76.2 Å². The highest BCUT2D eigenvalue weighted by Crippen LogP contribution is 2.47. The summed E-state index contributed by atoms with van der Waals surface area (Å²) >= 11 is 0. The van der Waals surface area contributed by atoms with Crippen LogP contribution < -0.4 is 14.1 Å². The molecule has 0 radical (unpaired) electrons. The first kappa shape index (κ1) is 23.8. The van der Waals surface area contributed by atoms with Crippen LogP contribution in [0.15, 0.2) is 66.7 Å². The molecular formula is C25H30NO5P. The first-order chi connectivity index (χ1) is 15.0. The lowest BCUT2D eigenvalue weighted by atomic mass is 9.99. The van der Waals surface area contributed by atoms with E-state index < -0.39 is 19.8 Å². The van der Waals surface area contributed by atoms with Crippen LogP contribution >= 0.6 is 7.75 Å². The van der Waals surface area contributed by atoms with E-state index in [1.54, 1.807) is 25.1 Å². The van der Waals surface area contributed by atoms with E-state index in [0.717, 1.165) is 16.3 Å². The topological polar surface area (TPSA) is 73.9 Å². The Morgan fingerprint density at radius 3 is 2.31 bits per heavy atom. The highest BCUT2D eigenvalue weighted by atomic mass is 31.2. The van der Waals surface area contributed by atoms with Crippen LogP contribution in [0.25, 0.3) is 10.8 Å². The Kier molecular flexibility index (Phi) is 7.27. The Morgan fingerprint density at radius 1 is 0.969 bits per heavy atom. The molecule has 170 valence electrons. The van der Waals surface area contributed by atoms with Crippen LogP contribution in [0.1, 0.15) is 33.3 Å². The summed E-state index contributed by atoms with van der Waals surface area (Å²) in [6, 6.07) is 19.3. The van der Waals surface area contributed by atoms with Crippen LogP contribution in [0.4, 0.5) is 0 Å². The van der Waals surface area contributed by atoms with Gasteiger partial charge in [-0.2, -0.15) is 5.09 Å². The van der Waals surface area contributed by atoms with Gasteiger partial charge in [0.2, 0.25) is 0 Å². The van der Waals surface area contributed by atoms with E-state index in [-0.39, 0.29) is 12.0 Å². The molecule has 3 aromatic carbocycles. The Morgan fingerprint density at radius 2 is 1.62 bits per heavy atom. The molecule has 0 heterocycles. The average Bonchev–Trinajstić information content (AvgIpc) is 2.73. The Bertz CT molecular complexity index is 1120. The summed E-state index contributed by atoms with van der Waals surface area (Å²) in [7, 11) is -4.01. The first-order valence-electron chi connectivity index (χ1n) is 10.5. The predicted molar refractivity (Wildman–Crippen MR) is 127 cm³/mol. The number of hydrogen-bond acceptors (Lipinski definition) is 5. The molecule has 0 aliphatic carbocycles. The van der Waals surface area contributed by atoms with Crippen LogP contribution in [0.3, 0.4) is 0 Å². The fourth-order valence-electron chi connectivity index (χ4n) is 2.92. The number of fused-ring (bicyclic) bond motifs is 1. The molecule has 0 amide bonds. The molecule has 0 fully saturated rings. The van der Waals surface area contributed by atoms with Gasteiger partial charge in [0.05, 0.1) is 6.61 Å². The number of carbonyl (C=O) groups is 1. The van der Waals surface area contributed by atoms with Crippen LogP contribution in [0, 0.1) is 12.3 Å². The van der Waals surface area contributed by atoms with Crippen LogP contribution in [0.2, 0.25) is 0 Å². The first-order valence-corrected chi connectivity index (χ1v) is 12.1. The fraction of sp³-hybridized carbons (Fsp3) is 0.320. The molecule has 0 bridgehead atoms. The maximum atomic E-state index is 13.8. The quantitative estimate of drug-likeness (QED) is 0.318. The lowest BCUT2D eigenvalue weighted by molar-refractivity contribution is -0.148. The van der Waals surface area contributed by atoms with E-state index >= 15 is 0 Å². The zero-order valence-corrected chi connectivity index (χ0v) is 20.0. The largest absolute Gasteiger partial charge is 0.513 e. The molecule has 2 atom stereocenters. The lowest BCUT2D eigenvalue weighted by Gasteiger charge is -2.25. The third-order valence-corrected chi connectivity index (χ3v) is 6.16. The monoisotopic (exact) mass is 455 g/mol. The van der Waals surface area contributed by atoms with Gasteiger partial charge in [0, 0.05) is 5.39 Å². The van der Waals surface area contributed by atoms with Gasteiger partial charge in [-0.1, -0.05) is 74.9 Å². The molecule has 0 saturated heterocycles. The van der Waals surface area contributed by atoms with Crippen LogP contribution in [-0.2, 0) is 14.1 Å². The van der Waals surface area contributed by atoms with Gasteiger partial charge in [-0.05, 0) is 42.8 Å². The standard InChI is InChI=1S/C25H30NO5P/c1-18-13-15-21(16-14-18)30-32(28,26-19(2)24(27)29-17-25(3,4)5)31-23-12-8-10-20-9-6-7-11-22(20)23/h6-16,19H,17H2,1-5H3,(H,26,28). The summed E-state index contributed by atoms with van der Waals surface area (Å²) in [5, 5.41) is 4.46. The molecule has 7 heteroatoms. The van der Waals surface area contributed by atoms with Crippen molar-refractivity contribution in [1.29, 1.82) is 0 Å². The van der Waals surface area contributed by atoms with Crippen molar-refractivity contribution >= 4 is 24.5 Å². The zero-order chi connectivity index (χ0) is 23.4. The molecular weight excluding hydrogens is 425 g/mol. The number of nitrogens with one attached hydrogen (secondary N) is 1. The van der Waals surface area contributed by atoms with Gasteiger partial charge < -0.3 is 13.8 Å². The molecule has 0 saturated carbocycles. The van der Waals surface area contributed by atoms with Gasteiger partial charge in [0.15, 0.2) is 0 Å². The summed E-state index contributed by atoms with van der Waals surface area (Å²) < 4.78 is 30.9. The van der Waals surface area contributed by atoms with Crippen molar-refractivity contribution in [1.82, 2.24) is 5.09 Å². The third-order valence-electron chi connectivity index (χ3n) is 4.57. The van der Waals surface area contributed by atoms with E-state index in [0.29, 0.717) is 11.5 Å². The Labute approximate surface area is 189 Å². The maximum absolute atomic E-state index is 13.8. The number of ether oxygens (including phenoxy) is 1. The molecule has 0 spiro atoms. The van der Waals surface area contributed by atoms with Crippen molar-refractivity contribution in [2.75, 3.05) is 6.61 Å². The molecule has 32 heavy (non-hydrogen) atoms. The Balaban J connectivity index is 1.87. The third kappa shape index (κ3) is 6.59. The predicted octanol–water partition coefficient (Wildman–Crippen LogP) is 6.28. The smallest absolute Gasteiger partial charge is 0.464 e. The van der Waals surface area contributed by atoms with E-state index in [2.05, 4.69) is 5.09 Å². The number of benzene rings is 3. The number of aryl methyl sites for hydroxylation is 1. The zero-order valence-electron chi connectivity index (χ0n) is 19.1. The van der Waals surface area contributed by atoms with Crippen molar-refractivity contribution in [3.05, 3.63) is 72.3 Å². The molecule has 0 aromatic heterocycles. The SMILES string of the molecule is Cc1ccc(OP(=O)(NC(C)C(=O)OCC(C)(C)C)Oc2cccc3ccccc23)cc1. The highest BCUT2D eigenvalue weighted by molar-refractivity contribution is 7.52. The Hall–Kier alpha value is -2.82. The molecule has 3 rings (SSSR count). The van der Waals surface area contributed by atoms with Gasteiger partial charge in [-0.3, -0.25) is 4.79 Å². The number of rotatable bonds is 8. The second-order valence-corrected chi connectivity index (χ2v) is 10.6. The number of hydrogen-bond donors (Lipinski definition) is 1. The van der Waals surface area contributed by atoms with Crippen molar-refractivity contribution in [2.24, 2.45) is 5.41 Å². The van der Waals surface area contributed by atoms with E-state index in [4.69, 9.17) is 13.8 Å². The van der Waals surface area contributed by atoms with Gasteiger partial charge in [0.1, 0.15) is 17.5 Å². The average molecular weight is 455 g/mol. The summed E-state index contributed by atoms with van der Waals surface area (Å²) in [6.07, 6.45) is 0. The number of esters is 1. The molecule has 1 N–H and O–H groups in total. The van der Waals surface area contributed by atoms with Crippen LogP contribution in [-0.4, -0.2) is 18.6 Å². The van der Waals surface area contributed by atoms with Gasteiger partial charge in [-0.15, -0.1) is 0 Å². The van der Waals surface area contributed by atoms with Gasteiger partial charge in [-0.25, -0.2) is 4.57 Å². The molecule has 2 unspecified atom stereocenters. The summed E-state index contributed by atoms with van der Waals surface area (Å²) in [5.41, 5.74) is 0.853. The van der Waals surface area contributed by atoms with E-state index in [1.165, 1.54) is 0 Å². The second kappa shape index (κ2) is 9.76. The highest BCUT2D eigenvalue weighted by Gasteiger charge is 2.34. The van der Waals surface area contributed by atoms with Crippen molar-refractivity contribution in [3.8, 4) is 11.5 Å². The molecule has 3 aromatic rings. The minimum Gasteiger partial charge on any atom is -0.464 e.